The van der Waals surface area contributed by atoms with Gasteiger partial charge in [0.2, 0.25) is 0 Å². The summed E-state index contributed by atoms with van der Waals surface area (Å²) in [5.41, 5.74) is 1.35. The van der Waals surface area contributed by atoms with Crippen molar-refractivity contribution in [2.24, 2.45) is 0 Å². The van der Waals surface area contributed by atoms with Gasteiger partial charge in [-0.2, -0.15) is 0 Å². The van der Waals surface area contributed by atoms with E-state index in [4.69, 9.17) is 0 Å². The van der Waals surface area contributed by atoms with Gasteiger partial charge in [0.1, 0.15) is 16.2 Å². The van der Waals surface area contributed by atoms with Crippen LogP contribution >= 0.6 is 27.3 Å². The Morgan fingerprint density at radius 3 is 2.65 bits per heavy atom. The van der Waals surface area contributed by atoms with Gasteiger partial charge in [-0.25, -0.2) is 9.97 Å². The molecule has 2 rings (SSSR count). The van der Waals surface area contributed by atoms with E-state index in [1.165, 1.54) is 15.3 Å². The third-order valence-corrected chi connectivity index (χ3v) is 4.51. The van der Waals surface area contributed by atoms with Gasteiger partial charge >= 0.3 is 0 Å². The number of aryl methyl sites for hydroxylation is 3. The number of halogens is 1. The third kappa shape index (κ3) is 3.79. The zero-order chi connectivity index (χ0) is 14.7. The number of hydrogen-bond acceptors (Lipinski definition) is 4. The number of hydrogen-bond donors (Lipinski definition) is 1. The smallest absolute Gasteiger partial charge is 0.132 e. The van der Waals surface area contributed by atoms with Crippen molar-refractivity contribution in [2.45, 2.75) is 46.6 Å². The van der Waals surface area contributed by atoms with Gasteiger partial charge in [-0.05, 0) is 54.8 Å². The molecule has 0 bridgehead atoms. The summed E-state index contributed by atoms with van der Waals surface area (Å²) in [4.78, 5) is 11.7. The van der Waals surface area contributed by atoms with Gasteiger partial charge in [0, 0.05) is 22.2 Å². The highest BCUT2D eigenvalue weighted by molar-refractivity contribution is 9.10. The van der Waals surface area contributed by atoms with Crippen molar-refractivity contribution in [1.82, 2.24) is 9.97 Å². The zero-order valence-corrected chi connectivity index (χ0v) is 14.7. The summed E-state index contributed by atoms with van der Waals surface area (Å²) in [6, 6.07) is 4.43. The fourth-order valence-electron chi connectivity index (χ4n) is 2.25. The van der Waals surface area contributed by atoms with Crippen LogP contribution in [0.4, 0.5) is 5.82 Å². The molecule has 0 saturated heterocycles. The van der Waals surface area contributed by atoms with Gasteiger partial charge in [-0.1, -0.05) is 6.92 Å². The maximum absolute atomic E-state index is 4.58. The molecule has 1 N–H and O–H groups in total. The molecule has 3 nitrogen and oxygen atoms in total. The molecule has 2 aromatic heterocycles. The Morgan fingerprint density at radius 1 is 1.30 bits per heavy atom. The topological polar surface area (TPSA) is 37.8 Å². The van der Waals surface area contributed by atoms with E-state index in [1.807, 2.05) is 17.4 Å². The van der Waals surface area contributed by atoms with Crippen LogP contribution in [0, 0.1) is 13.8 Å². The monoisotopic (exact) mass is 353 g/mol. The van der Waals surface area contributed by atoms with Crippen LogP contribution in [0.1, 0.15) is 47.5 Å². The van der Waals surface area contributed by atoms with Crippen molar-refractivity contribution in [3.8, 4) is 0 Å². The maximum atomic E-state index is 4.58. The Kier molecular flexibility index (Phi) is 5.16. The minimum atomic E-state index is 0.247. The molecule has 0 aliphatic carbocycles. The Bertz CT molecular complexity index is 595. The molecule has 20 heavy (non-hydrogen) atoms. The van der Waals surface area contributed by atoms with E-state index in [2.05, 4.69) is 65.0 Å². The van der Waals surface area contributed by atoms with Gasteiger partial charge < -0.3 is 5.32 Å². The molecule has 108 valence electrons. The van der Waals surface area contributed by atoms with Crippen molar-refractivity contribution in [2.75, 3.05) is 5.32 Å². The van der Waals surface area contributed by atoms with Crippen molar-refractivity contribution < 1.29 is 0 Å². The number of anilines is 1. The quantitative estimate of drug-likeness (QED) is 0.764. The molecule has 0 aromatic carbocycles. The molecule has 5 heteroatoms. The number of nitrogens with one attached hydrogen (secondary N) is 1. The summed E-state index contributed by atoms with van der Waals surface area (Å²) in [7, 11) is 0. The first-order chi connectivity index (χ1) is 9.49. The van der Waals surface area contributed by atoms with E-state index < -0.39 is 0 Å². The van der Waals surface area contributed by atoms with E-state index >= 15 is 0 Å². The summed E-state index contributed by atoms with van der Waals surface area (Å²) >= 11 is 5.30. The average molecular weight is 354 g/mol. The van der Waals surface area contributed by atoms with Crippen molar-refractivity contribution in [3.05, 3.63) is 37.9 Å². The first-order valence-corrected chi connectivity index (χ1v) is 8.47. The van der Waals surface area contributed by atoms with Crippen molar-refractivity contribution in [3.63, 3.8) is 0 Å². The minimum absolute atomic E-state index is 0.247. The van der Waals surface area contributed by atoms with Gasteiger partial charge in [0.25, 0.3) is 0 Å². The summed E-state index contributed by atoms with van der Waals surface area (Å²) in [6.07, 6.45) is 1.95. The fourth-order valence-corrected chi connectivity index (χ4v) is 3.70. The van der Waals surface area contributed by atoms with E-state index in [1.54, 1.807) is 0 Å². The van der Waals surface area contributed by atoms with Crippen LogP contribution < -0.4 is 5.32 Å². The lowest BCUT2D eigenvalue weighted by atomic mass is 10.1. The Balaban J connectivity index is 2.18. The molecular weight excluding hydrogens is 334 g/mol. The van der Waals surface area contributed by atoms with Gasteiger partial charge in [0.15, 0.2) is 0 Å². The Hall–Kier alpha value is -0.940. The van der Waals surface area contributed by atoms with Crippen LogP contribution in [-0.2, 0) is 6.42 Å². The molecule has 0 aliphatic rings. The van der Waals surface area contributed by atoms with Crippen LogP contribution in [-0.4, -0.2) is 9.97 Å². The molecule has 2 heterocycles. The van der Waals surface area contributed by atoms with Crippen molar-refractivity contribution >= 4 is 33.1 Å². The average Bonchev–Trinajstić information content (AvgIpc) is 2.68. The molecule has 0 radical (unpaired) electrons. The largest absolute Gasteiger partial charge is 0.363 e. The lowest BCUT2D eigenvalue weighted by Gasteiger charge is -2.15. The molecule has 1 atom stereocenters. The molecule has 1 unspecified atom stereocenters. The van der Waals surface area contributed by atoms with Crippen LogP contribution in [0.3, 0.4) is 0 Å². The predicted octanol–water partition coefficient (Wildman–Crippen LogP) is 5.04. The first-order valence-electron chi connectivity index (χ1n) is 6.86. The number of rotatable bonds is 5. The van der Waals surface area contributed by atoms with Crippen LogP contribution in [0.15, 0.2) is 16.7 Å². The highest BCUT2D eigenvalue weighted by atomic mass is 79.9. The molecule has 0 spiro atoms. The number of nitrogens with zero attached hydrogens (tertiary/aromatic N) is 2. The van der Waals surface area contributed by atoms with Crippen molar-refractivity contribution in [1.29, 1.82) is 0 Å². The fraction of sp³-hybridized carbons (Fsp3) is 0.467. The van der Waals surface area contributed by atoms with E-state index in [0.717, 1.165) is 29.1 Å². The summed E-state index contributed by atoms with van der Waals surface area (Å²) in [5.74, 6) is 1.76. The third-order valence-electron chi connectivity index (χ3n) is 3.13. The van der Waals surface area contributed by atoms with Gasteiger partial charge in [0.05, 0.1) is 6.04 Å². The second-order valence-electron chi connectivity index (χ2n) is 4.98. The van der Waals surface area contributed by atoms with Crippen LogP contribution in [0.2, 0.25) is 0 Å². The minimum Gasteiger partial charge on any atom is -0.363 e. The Labute approximate surface area is 133 Å². The second kappa shape index (κ2) is 6.68. The molecule has 0 aliphatic heterocycles. The number of thiophene rings is 1. The van der Waals surface area contributed by atoms with Crippen LogP contribution in [0.5, 0.6) is 0 Å². The molecule has 0 fully saturated rings. The molecular formula is C15H20BrN3S. The highest BCUT2D eigenvalue weighted by Gasteiger charge is 2.12. The zero-order valence-electron chi connectivity index (χ0n) is 12.3. The van der Waals surface area contributed by atoms with E-state index in [9.17, 15) is 0 Å². The lowest BCUT2D eigenvalue weighted by molar-refractivity contribution is 0.813. The predicted molar refractivity (Wildman–Crippen MR) is 89.6 cm³/mol. The molecule has 2 aromatic rings. The first kappa shape index (κ1) is 15.4. The maximum Gasteiger partial charge on any atom is 0.132 e. The summed E-state index contributed by atoms with van der Waals surface area (Å²) in [5, 5.41) is 3.48. The molecule has 0 saturated carbocycles. The van der Waals surface area contributed by atoms with Gasteiger partial charge in [-0.3, -0.25) is 0 Å². The normalized spacial score (nSPS) is 12.4. The van der Waals surface area contributed by atoms with Crippen LogP contribution in [0.25, 0.3) is 0 Å². The summed E-state index contributed by atoms with van der Waals surface area (Å²) < 4.78 is 0.837. The number of aromatic nitrogens is 2. The van der Waals surface area contributed by atoms with E-state index in [-0.39, 0.29) is 6.04 Å². The van der Waals surface area contributed by atoms with E-state index in [0.29, 0.717) is 0 Å². The second-order valence-corrected chi connectivity index (χ2v) is 7.25. The SMILES string of the molecule is CCCc1nc(Br)cc(NC(C)c2cc(C)sc2C)n1. The van der Waals surface area contributed by atoms with Gasteiger partial charge in [-0.15, -0.1) is 11.3 Å². The summed E-state index contributed by atoms with van der Waals surface area (Å²) in [6.45, 7) is 8.62. The lowest BCUT2D eigenvalue weighted by Crippen LogP contribution is -2.09. The Morgan fingerprint density at radius 2 is 2.05 bits per heavy atom. The molecule has 0 amide bonds. The highest BCUT2D eigenvalue weighted by Crippen LogP contribution is 2.28. The standard InChI is InChI=1S/C15H20BrN3S/c1-5-6-14-18-13(16)8-15(19-14)17-10(3)12-7-9(2)20-11(12)4/h7-8,10H,5-6H2,1-4H3,(H,17,18,19).